The highest BCUT2D eigenvalue weighted by Crippen LogP contribution is 2.22. The summed E-state index contributed by atoms with van der Waals surface area (Å²) in [6.45, 7) is 6.94. The van der Waals surface area contributed by atoms with Gasteiger partial charge in [-0.15, -0.1) is 0 Å². The van der Waals surface area contributed by atoms with Gasteiger partial charge in [0, 0.05) is 17.5 Å². The SMILES string of the molecule is Cc1ccc([C@@H](C)NC(=O)COC(=O)COc2ccc3c(C)cc(=O)oc3c2)cc1C. The minimum Gasteiger partial charge on any atom is -0.482 e. The molecule has 1 atom stereocenters. The fourth-order valence-corrected chi connectivity index (χ4v) is 3.13. The third kappa shape index (κ3) is 5.72. The maximum absolute atomic E-state index is 12.1. The van der Waals surface area contributed by atoms with Gasteiger partial charge in [0.1, 0.15) is 11.3 Å². The smallest absolute Gasteiger partial charge is 0.344 e. The van der Waals surface area contributed by atoms with Gasteiger partial charge >= 0.3 is 11.6 Å². The molecule has 2 aromatic carbocycles. The predicted octanol–water partition coefficient (Wildman–Crippen LogP) is 3.52. The number of rotatable bonds is 7. The number of nitrogens with one attached hydrogen (secondary N) is 1. The first-order valence-corrected chi connectivity index (χ1v) is 9.92. The third-order valence-corrected chi connectivity index (χ3v) is 5.05. The van der Waals surface area contributed by atoms with Crippen molar-refractivity contribution in [2.45, 2.75) is 33.7 Å². The molecule has 162 valence electrons. The normalized spacial score (nSPS) is 11.7. The van der Waals surface area contributed by atoms with Gasteiger partial charge in [-0.05, 0) is 62.1 Å². The van der Waals surface area contributed by atoms with Gasteiger partial charge in [-0.2, -0.15) is 0 Å². The average molecular weight is 423 g/mol. The fraction of sp³-hybridized carbons (Fsp3) is 0.292. The quantitative estimate of drug-likeness (QED) is 0.462. The summed E-state index contributed by atoms with van der Waals surface area (Å²) >= 11 is 0. The standard InChI is InChI=1S/C24H25NO6/c1-14-5-6-18(9-15(14)2)17(4)25-22(26)12-30-24(28)13-29-19-7-8-20-16(3)10-23(27)31-21(20)11-19/h5-11,17H,12-13H2,1-4H3,(H,25,26)/t17-/m1/s1. The van der Waals surface area contributed by atoms with Gasteiger partial charge in [-0.1, -0.05) is 18.2 Å². The number of ether oxygens (including phenoxy) is 2. The van der Waals surface area contributed by atoms with Crippen LogP contribution in [-0.4, -0.2) is 25.1 Å². The third-order valence-electron chi connectivity index (χ3n) is 5.05. The summed E-state index contributed by atoms with van der Waals surface area (Å²) < 4.78 is 15.5. The van der Waals surface area contributed by atoms with E-state index in [1.54, 1.807) is 12.1 Å². The molecule has 0 aliphatic carbocycles. The van der Waals surface area contributed by atoms with E-state index in [1.165, 1.54) is 17.7 Å². The maximum atomic E-state index is 12.1. The second-order valence-electron chi connectivity index (χ2n) is 7.49. The molecule has 1 amide bonds. The summed E-state index contributed by atoms with van der Waals surface area (Å²) in [5, 5.41) is 3.59. The Kier molecular flexibility index (Phi) is 6.74. The first-order valence-electron chi connectivity index (χ1n) is 9.92. The van der Waals surface area contributed by atoms with Crippen LogP contribution in [-0.2, 0) is 14.3 Å². The van der Waals surface area contributed by atoms with E-state index in [9.17, 15) is 14.4 Å². The first kappa shape index (κ1) is 22.1. The van der Waals surface area contributed by atoms with Gasteiger partial charge in [0.15, 0.2) is 13.2 Å². The van der Waals surface area contributed by atoms with Gasteiger partial charge < -0.3 is 19.2 Å². The lowest BCUT2D eigenvalue weighted by molar-refractivity contribution is -0.150. The monoisotopic (exact) mass is 423 g/mol. The van der Waals surface area contributed by atoms with Crippen LogP contribution in [0.1, 0.15) is 35.2 Å². The molecular weight excluding hydrogens is 398 g/mol. The highest BCUT2D eigenvalue weighted by molar-refractivity contribution is 5.82. The second-order valence-corrected chi connectivity index (χ2v) is 7.49. The van der Waals surface area contributed by atoms with Crippen molar-refractivity contribution in [2.75, 3.05) is 13.2 Å². The molecule has 3 aromatic rings. The van der Waals surface area contributed by atoms with Crippen LogP contribution in [0.4, 0.5) is 0 Å². The van der Waals surface area contributed by atoms with Crippen LogP contribution in [0.15, 0.2) is 51.7 Å². The van der Waals surface area contributed by atoms with Gasteiger partial charge in [-0.25, -0.2) is 9.59 Å². The number of hydrogen-bond donors (Lipinski definition) is 1. The van der Waals surface area contributed by atoms with Crippen molar-refractivity contribution in [3.63, 3.8) is 0 Å². The Hall–Kier alpha value is -3.61. The van der Waals surface area contributed by atoms with E-state index < -0.39 is 24.1 Å². The molecule has 0 bridgehead atoms. The molecule has 7 nitrogen and oxygen atoms in total. The summed E-state index contributed by atoms with van der Waals surface area (Å²) in [7, 11) is 0. The second kappa shape index (κ2) is 9.47. The highest BCUT2D eigenvalue weighted by Gasteiger charge is 2.13. The van der Waals surface area contributed by atoms with Crippen LogP contribution < -0.4 is 15.7 Å². The van der Waals surface area contributed by atoms with E-state index in [2.05, 4.69) is 5.32 Å². The van der Waals surface area contributed by atoms with Crippen LogP contribution >= 0.6 is 0 Å². The summed E-state index contributed by atoms with van der Waals surface area (Å²) in [5.74, 6) is -0.729. The average Bonchev–Trinajstić information content (AvgIpc) is 2.72. The Morgan fingerprint density at radius 1 is 0.968 bits per heavy atom. The lowest BCUT2D eigenvalue weighted by Gasteiger charge is -2.16. The van der Waals surface area contributed by atoms with E-state index in [1.807, 2.05) is 45.9 Å². The van der Waals surface area contributed by atoms with Gasteiger partial charge in [0.25, 0.3) is 5.91 Å². The summed E-state index contributed by atoms with van der Waals surface area (Å²) in [6.07, 6.45) is 0. The largest absolute Gasteiger partial charge is 0.482 e. The van der Waals surface area contributed by atoms with Gasteiger partial charge in [0.05, 0.1) is 6.04 Å². The molecule has 0 unspecified atom stereocenters. The van der Waals surface area contributed by atoms with Crippen molar-refractivity contribution in [3.05, 3.63) is 75.1 Å². The fourth-order valence-electron chi connectivity index (χ4n) is 3.13. The Balaban J connectivity index is 1.48. The summed E-state index contributed by atoms with van der Waals surface area (Å²) in [4.78, 5) is 35.5. The molecule has 0 fully saturated rings. The van der Waals surface area contributed by atoms with E-state index in [0.717, 1.165) is 22.1 Å². The van der Waals surface area contributed by atoms with Crippen LogP contribution in [0.25, 0.3) is 11.0 Å². The van der Waals surface area contributed by atoms with Crippen molar-refractivity contribution in [3.8, 4) is 5.75 Å². The van der Waals surface area contributed by atoms with E-state index in [-0.39, 0.29) is 12.6 Å². The van der Waals surface area contributed by atoms with Crippen LogP contribution in [0.3, 0.4) is 0 Å². The van der Waals surface area contributed by atoms with Crippen molar-refractivity contribution < 1.29 is 23.5 Å². The number of carbonyl (C=O) groups is 2. The lowest BCUT2D eigenvalue weighted by Crippen LogP contribution is -2.32. The molecule has 31 heavy (non-hydrogen) atoms. The Morgan fingerprint density at radius 3 is 2.48 bits per heavy atom. The zero-order valence-electron chi connectivity index (χ0n) is 18.0. The van der Waals surface area contributed by atoms with Gasteiger partial charge in [-0.3, -0.25) is 4.79 Å². The van der Waals surface area contributed by atoms with E-state index in [0.29, 0.717) is 11.3 Å². The molecule has 1 aromatic heterocycles. The van der Waals surface area contributed by atoms with Crippen LogP contribution in [0.2, 0.25) is 0 Å². The molecule has 3 rings (SSSR count). The molecule has 0 saturated carbocycles. The Labute approximate surface area is 180 Å². The number of esters is 1. The Morgan fingerprint density at radius 2 is 1.74 bits per heavy atom. The molecule has 0 aliphatic heterocycles. The molecule has 0 radical (unpaired) electrons. The number of benzene rings is 2. The number of hydrogen-bond acceptors (Lipinski definition) is 6. The highest BCUT2D eigenvalue weighted by atomic mass is 16.6. The number of amides is 1. The zero-order chi connectivity index (χ0) is 22.5. The Bertz CT molecular complexity index is 1180. The topological polar surface area (TPSA) is 94.8 Å². The summed E-state index contributed by atoms with van der Waals surface area (Å²) in [6, 6.07) is 12.1. The lowest BCUT2D eigenvalue weighted by atomic mass is 10.0. The number of fused-ring (bicyclic) bond motifs is 1. The molecule has 1 heterocycles. The number of aryl methyl sites for hydroxylation is 3. The molecule has 1 N–H and O–H groups in total. The van der Waals surface area contributed by atoms with Crippen molar-refractivity contribution in [2.24, 2.45) is 0 Å². The zero-order valence-corrected chi connectivity index (χ0v) is 18.0. The molecule has 0 saturated heterocycles. The van der Waals surface area contributed by atoms with Crippen molar-refractivity contribution in [1.82, 2.24) is 5.32 Å². The van der Waals surface area contributed by atoms with E-state index >= 15 is 0 Å². The molecule has 7 heteroatoms. The van der Waals surface area contributed by atoms with Crippen LogP contribution in [0.5, 0.6) is 5.75 Å². The van der Waals surface area contributed by atoms with Crippen LogP contribution in [0, 0.1) is 20.8 Å². The molecular formula is C24H25NO6. The number of carbonyl (C=O) groups excluding carboxylic acids is 2. The van der Waals surface area contributed by atoms with Gasteiger partial charge in [0.2, 0.25) is 0 Å². The minimum atomic E-state index is -0.681. The maximum Gasteiger partial charge on any atom is 0.344 e. The predicted molar refractivity (Wildman–Crippen MR) is 116 cm³/mol. The minimum absolute atomic E-state index is 0.211. The molecule has 0 aliphatic rings. The van der Waals surface area contributed by atoms with Crippen molar-refractivity contribution in [1.29, 1.82) is 0 Å². The molecule has 0 spiro atoms. The van der Waals surface area contributed by atoms with E-state index in [4.69, 9.17) is 13.9 Å². The van der Waals surface area contributed by atoms with Crippen molar-refractivity contribution >= 4 is 22.8 Å². The first-order chi connectivity index (χ1) is 14.7. The summed E-state index contributed by atoms with van der Waals surface area (Å²) in [5.41, 5.74) is 4.01.